The van der Waals surface area contributed by atoms with Gasteiger partial charge in [0.05, 0.1) is 17.1 Å². The fourth-order valence-electron chi connectivity index (χ4n) is 4.09. The molecule has 0 bridgehead atoms. The lowest BCUT2D eigenvalue weighted by Crippen LogP contribution is -2.32. The van der Waals surface area contributed by atoms with E-state index in [-0.39, 0.29) is 5.63 Å². The van der Waals surface area contributed by atoms with Crippen LogP contribution in [0.5, 0.6) is 5.75 Å². The SMILES string of the molecule is O=c1oc2c3c(c(Cl)cc2c2c1CCCC2)OCN(c1ccc(Cl)cc1)C3. The van der Waals surface area contributed by atoms with Crippen LogP contribution in [-0.2, 0) is 19.4 Å². The summed E-state index contributed by atoms with van der Waals surface area (Å²) < 4.78 is 11.7. The molecule has 4 nitrogen and oxygen atoms in total. The van der Waals surface area contributed by atoms with Gasteiger partial charge >= 0.3 is 5.63 Å². The second-order valence-electron chi connectivity index (χ2n) is 7.04. The van der Waals surface area contributed by atoms with Gasteiger partial charge in [-0.25, -0.2) is 4.79 Å². The van der Waals surface area contributed by atoms with E-state index in [1.165, 1.54) is 0 Å². The highest BCUT2D eigenvalue weighted by atomic mass is 35.5. The zero-order valence-electron chi connectivity index (χ0n) is 14.6. The molecule has 0 amide bonds. The Labute approximate surface area is 166 Å². The number of hydrogen-bond donors (Lipinski definition) is 0. The van der Waals surface area contributed by atoms with Gasteiger partial charge in [0.2, 0.25) is 0 Å². The Kier molecular flexibility index (Phi) is 4.06. The molecule has 0 radical (unpaired) electrons. The minimum atomic E-state index is -0.231. The summed E-state index contributed by atoms with van der Waals surface area (Å²) in [6.45, 7) is 0.921. The van der Waals surface area contributed by atoms with E-state index in [0.29, 0.717) is 34.7 Å². The molecule has 1 aliphatic carbocycles. The quantitative estimate of drug-likeness (QED) is 0.516. The van der Waals surface area contributed by atoms with E-state index in [1.807, 2.05) is 30.3 Å². The van der Waals surface area contributed by atoms with Gasteiger partial charge in [0.25, 0.3) is 0 Å². The summed E-state index contributed by atoms with van der Waals surface area (Å²) in [5, 5.41) is 2.19. The average Bonchev–Trinajstić information content (AvgIpc) is 2.70. The molecule has 0 atom stereocenters. The maximum atomic E-state index is 12.6. The lowest BCUT2D eigenvalue weighted by molar-refractivity contribution is 0.289. The van der Waals surface area contributed by atoms with Gasteiger partial charge in [0.15, 0.2) is 6.73 Å². The summed E-state index contributed by atoms with van der Waals surface area (Å²) in [7, 11) is 0. The third kappa shape index (κ3) is 2.79. The van der Waals surface area contributed by atoms with Crippen LogP contribution in [0.1, 0.15) is 29.5 Å². The van der Waals surface area contributed by atoms with Crippen molar-refractivity contribution in [3.63, 3.8) is 0 Å². The molecular formula is C21H17Cl2NO3. The molecule has 5 rings (SSSR count). The van der Waals surface area contributed by atoms with Crippen LogP contribution in [0.15, 0.2) is 39.5 Å². The van der Waals surface area contributed by atoms with Gasteiger partial charge in [0.1, 0.15) is 11.3 Å². The number of halogens is 2. The maximum Gasteiger partial charge on any atom is 0.339 e. The van der Waals surface area contributed by atoms with Crippen LogP contribution < -0.4 is 15.3 Å². The summed E-state index contributed by atoms with van der Waals surface area (Å²) in [5.41, 5.74) is 4.06. The number of anilines is 1. The topological polar surface area (TPSA) is 42.7 Å². The molecule has 0 unspecified atom stereocenters. The van der Waals surface area contributed by atoms with Crippen molar-refractivity contribution in [3.8, 4) is 5.75 Å². The van der Waals surface area contributed by atoms with Crippen LogP contribution in [-0.4, -0.2) is 6.73 Å². The highest BCUT2D eigenvalue weighted by Gasteiger charge is 2.27. The summed E-state index contributed by atoms with van der Waals surface area (Å²) in [4.78, 5) is 14.6. The molecule has 2 aromatic carbocycles. The molecule has 0 N–H and O–H groups in total. The van der Waals surface area contributed by atoms with Crippen LogP contribution in [0.4, 0.5) is 5.69 Å². The summed E-state index contributed by atoms with van der Waals surface area (Å²) >= 11 is 12.5. The van der Waals surface area contributed by atoms with E-state index in [9.17, 15) is 4.79 Å². The minimum Gasteiger partial charge on any atom is -0.471 e. The third-order valence-electron chi connectivity index (χ3n) is 5.42. The van der Waals surface area contributed by atoms with Crippen molar-refractivity contribution >= 4 is 39.9 Å². The molecule has 0 spiro atoms. The first kappa shape index (κ1) is 17.0. The lowest BCUT2D eigenvalue weighted by atomic mass is 9.90. The first-order valence-corrected chi connectivity index (χ1v) is 9.80. The van der Waals surface area contributed by atoms with Crippen LogP contribution in [0, 0.1) is 0 Å². The number of aryl methyl sites for hydroxylation is 1. The highest BCUT2D eigenvalue weighted by molar-refractivity contribution is 6.33. The Hall–Kier alpha value is -2.17. The Morgan fingerprint density at radius 2 is 1.70 bits per heavy atom. The van der Waals surface area contributed by atoms with Crippen molar-refractivity contribution in [2.75, 3.05) is 11.6 Å². The van der Waals surface area contributed by atoms with Gasteiger partial charge < -0.3 is 14.1 Å². The molecule has 1 aliphatic heterocycles. The summed E-state index contributed by atoms with van der Waals surface area (Å²) in [6.07, 6.45) is 3.76. The van der Waals surface area contributed by atoms with Gasteiger partial charge in [-0.3, -0.25) is 0 Å². The molecular weight excluding hydrogens is 385 g/mol. The van der Waals surface area contributed by atoms with Crippen LogP contribution in [0.2, 0.25) is 10.0 Å². The molecule has 2 heterocycles. The van der Waals surface area contributed by atoms with Crippen molar-refractivity contribution in [2.45, 2.75) is 32.2 Å². The van der Waals surface area contributed by atoms with Crippen molar-refractivity contribution in [1.82, 2.24) is 0 Å². The third-order valence-corrected chi connectivity index (χ3v) is 5.95. The Morgan fingerprint density at radius 3 is 2.48 bits per heavy atom. The molecule has 0 fully saturated rings. The van der Waals surface area contributed by atoms with Crippen molar-refractivity contribution < 1.29 is 9.15 Å². The standard InChI is InChI=1S/C21H17Cl2NO3/c22-12-5-7-13(8-6-12)24-10-17-19-16(9-18(23)20(17)26-11-24)14-3-1-2-4-15(14)21(25)27-19/h5-9H,1-4,10-11H2. The van der Waals surface area contributed by atoms with Crippen molar-refractivity contribution in [3.05, 3.63) is 67.5 Å². The van der Waals surface area contributed by atoms with E-state index in [0.717, 1.165) is 53.4 Å². The lowest BCUT2D eigenvalue weighted by Gasteiger charge is -2.32. The van der Waals surface area contributed by atoms with Crippen LogP contribution in [0.3, 0.4) is 0 Å². The van der Waals surface area contributed by atoms with Gasteiger partial charge in [0, 0.05) is 21.7 Å². The van der Waals surface area contributed by atoms with Crippen molar-refractivity contribution in [2.24, 2.45) is 0 Å². The fraction of sp³-hybridized carbons (Fsp3) is 0.286. The van der Waals surface area contributed by atoms with Crippen molar-refractivity contribution in [1.29, 1.82) is 0 Å². The van der Waals surface area contributed by atoms with E-state index >= 15 is 0 Å². The summed E-state index contributed by atoms with van der Waals surface area (Å²) in [6, 6.07) is 9.47. The second kappa shape index (κ2) is 6.47. The zero-order valence-corrected chi connectivity index (χ0v) is 16.1. The number of benzene rings is 2. The molecule has 27 heavy (non-hydrogen) atoms. The number of ether oxygens (including phenoxy) is 1. The molecule has 0 saturated carbocycles. The predicted octanol–water partition coefficient (Wildman–Crippen LogP) is 5.34. The zero-order chi connectivity index (χ0) is 18.5. The van der Waals surface area contributed by atoms with E-state index in [2.05, 4.69) is 4.90 Å². The molecule has 138 valence electrons. The molecule has 3 aromatic rings. The normalized spacial score (nSPS) is 16.0. The monoisotopic (exact) mass is 401 g/mol. The first-order valence-electron chi connectivity index (χ1n) is 9.05. The van der Waals surface area contributed by atoms with Gasteiger partial charge in [-0.2, -0.15) is 0 Å². The number of nitrogens with zero attached hydrogens (tertiary/aromatic N) is 1. The molecule has 1 aromatic heterocycles. The number of rotatable bonds is 1. The Morgan fingerprint density at radius 1 is 0.963 bits per heavy atom. The van der Waals surface area contributed by atoms with Crippen LogP contribution >= 0.6 is 23.2 Å². The van der Waals surface area contributed by atoms with Gasteiger partial charge in [-0.1, -0.05) is 23.2 Å². The van der Waals surface area contributed by atoms with Gasteiger partial charge in [-0.15, -0.1) is 0 Å². The van der Waals surface area contributed by atoms with Gasteiger partial charge in [-0.05, 0) is 61.6 Å². The summed E-state index contributed by atoms with van der Waals surface area (Å²) in [5.74, 6) is 0.605. The predicted molar refractivity (Wildman–Crippen MR) is 107 cm³/mol. The number of fused-ring (bicyclic) bond motifs is 5. The largest absolute Gasteiger partial charge is 0.471 e. The van der Waals surface area contributed by atoms with Crippen LogP contribution in [0.25, 0.3) is 11.0 Å². The average molecular weight is 402 g/mol. The molecule has 0 saturated heterocycles. The van der Waals surface area contributed by atoms with E-state index < -0.39 is 0 Å². The smallest absolute Gasteiger partial charge is 0.339 e. The number of hydrogen-bond acceptors (Lipinski definition) is 4. The maximum absolute atomic E-state index is 12.6. The Bertz CT molecular complexity index is 1110. The Balaban J connectivity index is 1.68. The first-order chi connectivity index (χ1) is 13.1. The molecule has 6 heteroatoms. The van der Waals surface area contributed by atoms with E-state index in [4.69, 9.17) is 32.4 Å². The molecule has 2 aliphatic rings. The minimum absolute atomic E-state index is 0.231. The van der Waals surface area contributed by atoms with E-state index in [1.54, 1.807) is 0 Å². The fourth-order valence-corrected chi connectivity index (χ4v) is 4.49. The highest BCUT2D eigenvalue weighted by Crippen LogP contribution is 2.41. The second-order valence-corrected chi connectivity index (χ2v) is 7.89.